The van der Waals surface area contributed by atoms with Crippen molar-refractivity contribution < 1.29 is 13.2 Å². The Kier molecular flexibility index (Phi) is 4.15. The maximum absolute atomic E-state index is 12.4. The fraction of sp³-hybridized carbons (Fsp3) is 0.417. The lowest BCUT2D eigenvalue weighted by molar-refractivity contribution is -0.146. The Morgan fingerprint density at radius 1 is 1.18 bits per heavy atom. The number of aromatic nitrogens is 2. The van der Waals surface area contributed by atoms with Crippen molar-refractivity contribution in [2.24, 2.45) is 7.05 Å². The summed E-state index contributed by atoms with van der Waals surface area (Å²) in [6, 6.07) is 6.52. The average molecular weight is 244 g/mol. The van der Waals surface area contributed by atoms with Crippen LogP contribution < -0.4 is 0 Å². The standard InChI is InChI=1S/C9H7F3N2.C3H8/c1-14-7-5-3-2-4-6(7)13-8(14)9(10,11)12;1-3-2/h2-5H,1H3;3H2,1-2H3. The normalized spacial score (nSPS) is 11.2. The van der Waals surface area contributed by atoms with Gasteiger partial charge in [-0.15, -0.1) is 0 Å². The Hall–Kier alpha value is -1.52. The van der Waals surface area contributed by atoms with Crippen molar-refractivity contribution >= 4 is 11.0 Å². The van der Waals surface area contributed by atoms with Gasteiger partial charge in [0.1, 0.15) is 0 Å². The molecule has 0 unspecified atom stereocenters. The number of rotatable bonds is 0. The van der Waals surface area contributed by atoms with Crippen LogP contribution in [0.4, 0.5) is 13.2 Å². The summed E-state index contributed by atoms with van der Waals surface area (Å²) in [5, 5.41) is 0. The molecule has 0 saturated carbocycles. The van der Waals surface area contributed by atoms with Crippen LogP contribution in [0.1, 0.15) is 26.1 Å². The summed E-state index contributed by atoms with van der Waals surface area (Å²) in [4.78, 5) is 3.52. The number of nitrogens with zero attached hydrogens (tertiary/aromatic N) is 2. The summed E-state index contributed by atoms with van der Waals surface area (Å²) in [5.74, 6) is -0.862. The molecule has 0 aliphatic rings. The minimum atomic E-state index is -4.40. The summed E-state index contributed by atoms with van der Waals surface area (Å²) in [7, 11) is 1.36. The van der Waals surface area contributed by atoms with Crippen LogP contribution in [0.2, 0.25) is 0 Å². The van der Waals surface area contributed by atoms with E-state index in [1.807, 2.05) is 0 Å². The number of aryl methyl sites for hydroxylation is 1. The zero-order chi connectivity index (χ0) is 13.1. The van der Waals surface area contributed by atoms with Gasteiger partial charge in [0.05, 0.1) is 11.0 Å². The molecule has 0 spiro atoms. The van der Waals surface area contributed by atoms with Crippen LogP contribution in [0.15, 0.2) is 24.3 Å². The molecular weight excluding hydrogens is 229 g/mol. The monoisotopic (exact) mass is 244 g/mol. The molecule has 0 amide bonds. The number of imidazole rings is 1. The van der Waals surface area contributed by atoms with Gasteiger partial charge in [-0.3, -0.25) is 0 Å². The van der Waals surface area contributed by atoms with Crippen molar-refractivity contribution in [3.63, 3.8) is 0 Å². The van der Waals surface area contributed by atoms with Crippen molar-refractivity contribution in [3.8, 4) is 0 Å². The van der Waals surface area contributed by atoms with Gasteiger partial charge in [0.2, 0.25) is 5.82 Å². The molecule has 0 aliphatic heterocycles. The van der Waals surface area contributed by atoms with E-state index >= 15 is 0 Å². The van der Waals surface area contributed by atoms with Crippen molar-refractivity contribution in [3.05, 3.63) is 30.1 Å². The van der Waals surface area contributed by atoms with Crippen molar-refractivity contribution in [1.29, 1.82) is 0 Å². The van der Waals surface area contributed by atoms with Gasteiger partial charge >= 0.3 is 6.18 Å². The Bertz CT molecular complexity index is 486. The first kappa shape index (κ1) is 13.5. The van der Waals surface area contributed by atoms with Crippen molar-refractivity contribution in [2.75, 3.05) is 0 Å². The molecule has 2 nitrogen and oxygen atoms in total. The van der Waals surface area contributed by atoms with E-state index in [0.29, 0.717) is 11.0 Å². The smallest absolute Gasteiger partial charge is 0.323 e. The molecule has 94 valence electrons. The van der Waals surface area contributed by atoms with Crippen LogP contribution in [0.25, 0.3) is 11.0 Å². The largest absolute Gasteiger partial charge is 0.449 e. The number of halogens is 3. The van der Waals surface area contributed by atoms with E-state index in [-0.39, 0.29) is 0 Å². The molecule has 0 aliphatic carbocycles. The quantitative estimate of drug-likeness (QED) is 0.684. The van der Waals surface area contributed by atoms with E-state index in [4.69, 9.17) is 0 Å². The molecule has 0 atom stereocenters. The Labute approximate surface area is 98.1 Å². The van der Waals surface area contributed by atoms with E-state index in [0.717, 1.165) is 4.57 Å². The number of fused-ring (bicyclic) bond motifs is 1. The number of hydrogen-bond donors (Lipinski definition) is 0. The molecule has 1 aromatic heterocycles. The van der Waals surface area contributed by atoms with Crippen LogP contribution in [-0.4, -0.2) is 9.55 Å². The topological polar surface area (TPSA) is 17.8 Å². The lowest BCUT2D eigenvalue weighted by Crippen LogP contribution is -2.12. The Balaban J connectivity index is 0.000000437. The predicted molar refractivity (Wildman–Crippen MR) is 61.7 cm³/mol. The lowest BCUT2D eigenvalue weighted by Gasteiger charge is -2.05. The van der Waals surface area contributed by atoms with E-state index in [9.17, 15) is 13.2 Å². The molecule has 2 aromatic rings. The molecule has 1 aromatic carbocycles. The summed E-state index contributed by atoms with van der Waals surface area (Å²) >= 11 is 0. The van der Waals surface area contributed by atoms with Crippen molar-refractivity contribution in [2.45, 2.75) is 26.4 Å². The molecule has 0 fully saturated rings. The fourth-order valence-electron chi connectivity index (χ4n) is 1.40. The summed E-state index contributed by atoms with van der Waals surface area (Å²) in [6.45, 7) is 4.25. The van der Waals surface area contributed by atoms with Gasteiger partial charge in [0.15, 0.2) is 0 Å². The van der Waals surface area contributed by atoms with Crippen LogP contribution >= 0.6 is 0 Å². The van der Waals surface area contributed by atoms with Gasteiger partial charge in [-0.1, -0.05) is 32.4 Å². The first-order chi connectivity index (χ1) is 7.91. The van der Waals surface area contributed by atoms with Gasteiger partial charge in [-0.05, 0) is 12.1 Å². The third kappa shape index (κ3) is 2.99. The van der Waals surface area contributed by atoms with E-state index in [2.05, 4.69) is 18.8 Å². The highest BCUT2D eigenvalue weighted by Crippen LogP contribution is 2.30. The summed E-state index contributed by atoms with van der Waals surface area (Å²) < 4.78 is 38.3. The van der Waals surface area contributed by atoms with E-state index in [1.54, 1.807) is 24.3 Å². The van der Waals surface area contributed by atoms with E-state index in [1.165, 1.54) is 13.5 Å². The SMILES string of the molecule is CCC.Cn1c(C(F)(F)F)nc2ccccc21. The van der Waals surface area contributed by atoms with Crippen LogP contribution in [0.3, 0.4) is 0 Å². The van der Waals surface area contributed by atoms with Gasteiger partial charge in [0.25, 0.3) is 0 Å². The molecule has 17 heavy (non-hydrogen) atoms. The minimum absolute atomic E-state index is 0.363. The molecule has 0 saturated heterocycles. The highest BCUT2D eigenvalue weighted by molar-refractivity contribution is 5.75. The number of benzene rings is 1. The fourth-order valence-corrected chi connectivity index (χ4v) is 1.40. The minimum Gasteiger partial charge on any atom is -0.323 e. The maximum Gasteiger partial charge on any atom is 0.449 e. The Morgan fingerprint density at radius 2 is 1.71 bits per heavy atom. The van der Waals surface area contributed by atoms with Crippen LogP contribution in [-0.2, 0) is 13.2 Å². The van der Waals surface area contributed by atoms with Crippen molar-refractivity contribution in [1.82, 2.24) is 9.55 Å². The zero-order valence-corrected chi connectivity index (χ0v) is 10.0. The zero-order valence-electron chi connectivity index (χ0n) is 10.0. The van der Waals surface area contributed by atoms with Gasteiger partial charge in [-0.25, -0.2) is 4.98 Å². The number of alkyl halides is 3. The second kappa shape index (κ2) is 5.21. The summed E-state index contributed by atoms with van der Waals surface area (Å²) in [5.41, 5.74) is 0.849. The molecule has 5 heteroatoms. The van der Waals surface area contributed by atoms with Gasteiger partial charge in [-0.2, -0.15) is 13.2 Å². The highest BCUT2D eigenvalue weighted by Gasteiger charge is 2.36. The average Bonchev–Trinajstić information content (AvgIpc) is 2.58. The van der Waals surface area contributed by atoms with Gasteiger partial charge in [0, 0.05) is 7.05 Å². The maximum atomic E-state index is 12.4. The van der Waals surface area contributed by atoms with Crippen LogP contribution in [0, 0.1) is 0 Å². The molecule has 0 radical (unpaired) electrons. The third-order valence-corrected chi connectivity index (χ3v) is 2.04. The first-order valence-electron chi connectivity index (χ1n) is 5.40. The first-order valence-corrected chi connectivity index (χ1v) is 5.40. The third-order valence-electron chi connectivity index (χ3n) is 2.04. The lowest BCUT2D eigenvalue weighted by atomic mass is 10.3. The molecule has 2 rings (SSSR count). The highest BCUT2D eigenvalue weighted by atomic mass is 19.4. The number of para-hydroxylation sites is 2. The molecule has 0 bridgehead atoms. The molecule has 0 N–H and O–H groups in total. The molecule has 1 heterocycles. The Morgan fingerprint density at radius 3 is 2.18 bits per heavy atom. The van der Waals surface area contributed by atoms with E-state index < -0.39 is 12.0 Å². The molecular formula is C12H15F3N2. The summed E-state index contributed by atoms with van der Waals surface area (Å²) in [6.07, 6.45) is -3.15. The van der Waals surface area contributed by atoms with Crippen LogP contribution in [0.5, 0.6) is 0 Å². The second-order valence-corrected chi connectivity index (χ2v) is 3.69. The number of hydrogen-bond acceptors (Lipinski definition) is 1. The second-order valence-electron chi connectivity index (χ2n) is 3.69. The predicted octanol–water partition coefficient (Wildman–Crippen LogP) is 4.01. The van der Waals surface area contributed by atoms with Gasteiger partial charge < -0.3 is 4.57 Å².